The molecule has 3 aromatic rings. The number of fused-ring (bicyclic) bond motifs is 1. The molecule has 0 aromatic carbocycles. The Balaban J connectivity index is 1.31. The quantitative estimate of drug-likeness (QED) is 0.645. The molecule has 0 bridgehead atoms. The highest BCUT2D eigenvalue weighted by Gasteiger charge is 2.28. The summed E-state index contributed by atoms with van der Waals surface area (Å²) in [6.07, 6.45) is 8.44. The number of hydrogen-bond acceptors (Lipinski definition) is 5. The fourth-order valence-corrected chi connectivity index (χ4v) is 5.02. The van der Waals surface area contributed by atoms with E-state index in [-0.39, 0.29) is 23.4 Å². The minimum atomic E-state index is -0.438. The minimum Gasteiger partial charge on any atom is -0.339 e. The van der Waals surface area contributed by atoms with E-state index in [0.29, 0.717) is 30.0 Å². The number of carbonyl (C=O) groups is 2. The largest absolute Gasteiger partial charge is 0.339 e. The number of aromatic nitrogens is 4. The summed E-state index contributed by atoms with van der Waals surface area (Å²) in [5, 5.41) is 4.39. The zero-order chi connectivity index (χ0) is 23.8. The van der Waals surface area contributed by atoms with E-state index in [0.717, 1.165) is 49.9 Å². The van der Waals surface area contributed by atoms with Crippen molar-refractivity contribution in [2.24, 2.45) is 0 Å². The van der Waals surface area contributed by atoms with Gasteiger partial charge in [-0.3, -0.25) is 14.4 Å². The molecule has 5 heterocycles. The first-order valence-corrected chi connectivity index (χ1v) is 12.1. The molecule has 3 aromatic heterocycles. The standard InChI is InChI=1S/C25H30N6O3/c1-16-17(2)28-23(32)22(27-16)25(34)30-11-6-18(7-12-30)19-8-13-31-21(14-19)20(15-26-31)24(33)29-9-4-3-5-10-29/h8,13-15,18H,3-7,9-12H2,1-2H3,(H,28,32). The van der Waals surface area contributed by atoms with Crippen molar-refractivity contribution in [3.63, 3.8) is 0 Å². The van der Waals surface area contributed by atoms with Gasteiger partial charge in [0, 0.05) is 38.1 Å². The maximum atomic E-state index is 13.1. The van der Waals surface area contributed by atoms with Gasteiger partial charge in [0.25, 0.3) is 17.4 Å². The van der Waals surface area contributed by atoms with Crippen LogP contribution in [0.4, 0.5) is 0 Å². The van der Waals surface area contributed by atoms with E-state index in [2.05, 4.69) is 21.1 Å². The number of likely N-dealkylation sites (tertiary alicyclic amines) is 2. The van der Waals surface area contributed by atoms with Crippen molar-refractivity contribution in [1.82, 2.24) is 29.4 Å². The van der Waals surface area contributed by atoms with Crippen LogP contribution in [-0.4, -0.2) is 67.4 Å². The Morgan fingerprint density at radius 2 is 1.71 bits per heavy atom. The molecule has 1 N–H and O–H groups in total. The Bertz CT molecular complexity index is 1300. The highest BCUT2D eigenvalue weighted by Crippen LogP contribution is 2.30. The van der Waals surface area contributed by atoms with Gasteiger partial charge < -0.3 is 14.8 Å². The molecule has 2 fully saturated rings. The monoisotopic (exact) mass is 462 g/mol. The van der Waals surface area contributed by atoms with Crippen LogP contribution in [0.25, 0.3) is 5.52 Å². The maximum absolute atomic E-state index is 13.1. The summed E-state index contributed by atoms with van der Waals surface area (Å²) in [5.74, 6) is 0.00900. The second-order valence-corrected chi connectivity index (χ2v) is 9.39. The molecule has 9 heteroatoms. The van der Waals surface area contributed by atoms with Gasteiger partial charge in [-0.25, -0.2) is 9.50 Å². The summed E-state index contributed by atoms with van der Waals surface area (Å²) in [7, 11) is 0. The Morgan fingerprint density at radius 3 is 2.44 bits per heavy atom. The van der Waals surface area contributed by atoms with E-state index in [1.54, 1.807) is 29.5 Å². The first-order chi connectivity index (χ1) is 16.4. The van der Waals surface area contributed by atoms with Crippen LogP contribution in [0.3, 0.4) is 0 Å². The van der Waals surface area contributed by atoms with Crippen molar-refractivity contribution >= 4 is 17.3 Å². The fraction of sp³-hybridized carbons (Fsp3) is 0.480. The average Bonchev–Trinajstić information content (AvgIpc) is 3.29. The van der Waals surface area contributed by atoms with E-state index >= 15 is 0 Å². The number of hydrogen-bond donors (Lipinski definition) is 1. The normalized spacial score (nSPS) is 17.4. The van der Waals surface area contributed by atoms with Gasteiger partial charge in [-0.05, 0) is 69.6 Å². The van der Waals surface area contributed by atoms with E-state index in [4.69, 9.17) is 0 Å². The van der Waals surface area contributed by atoms with Crippen molar-refractivity contribution in [3.8, 4) is 0 Å². The Morgan fingerprint density at radius 1 is 1.00 bits per heavy atom. The number of H-pyrrole nitrogens is 1. The molecule has 0 unspecified atom stereocenters. The van der Waals surface area contributed by atoms with Gasteiger partial charge in [0.1, 0.15) is 0 Å². The molecule has 0 atom stereocenters. The number of carbonyl (C=O) groups excluding carboxylic acids is 2. The summed E-state index contributed by atoms with van der Waals surface area (Å²) in [6.45, 7) is 6.28. The third-order valence-corrected chi connectivity index (χ3v) is 7.21. The van der Waals surface area contributed by atoms with Crippen LogP contribution in [0.2, 0.25) is 0 Å². The van der Waals surface area contributed by atoms with Gasteiger partial charge in [-0.1, -0.05) is 0 Å². The topological polar surface area (TPSA) is 104 Å². The number of piperidine rings is 2. The average molecular weight is 463 g/mol. The van der Waals surface area contributed by atoms with Crippen molar-refractivity contribution in [3.05, 3.63) is 63.1 Å². The lowest BCUT2D eigenvalue weighted by atomic mass is 9.89. The Hall–Kier alpha value is -3.49. The predicted molar refractivity (Wildman–Crippen MR) is 127 cm³/mol. The van der Waals surface area contributed by atoms with Crippen LogP contribution < -0.4 is 5.56 Å². The minimum absolute atomic E-state index is 0.0388. The first-order valence-electron chi connectivity index (χ1n) is 12.1. The van der Waals surface area contributed by atoms with E-state index in [1.807, 2.05) is 17.2 Å². The fourth-order valence-electron chi connectivity index (χ4n) is 5.02. The van der Waals surface area contributed by atoms with Crippen LogP contribution in [-0.2, 0) is 0 Å². The van der Waals surface area contributed by atoms with Gasteiger partial charge >= 0.3 is 0 Å². The van der Waals surface area contributed by atoms with Crippen molar-refractivity contribution < 1.29 is 9.59 Å². The molecule has 0 aliphatic carbocycles. The lowest BCUT2D eigenvalue weighted by Crippen LogP contribution is -2.41. The van der Waals surface area contributed by atoms with Crippen LogP contribution >= 0.6 is 0 Å². The molecule has 0 radical (unpaired) electrons. The summed E-state index contributed by atoms with van der Waals surface area (Å²) in [5.41, 5.74) is 3.48. The van der Waals surface area contributed by atoms with E-state index in [1.165, 1.54) is 6.42 Å². The number of amides is 2. The number of aryl methyl sites for hydroxylation is 2. The molecule has 2 aliphatic rings. The summed E-state index contributed by atoms with van der Waals surface area (Å²) in [4.78, 5) is 48.9. The molecular weight excluding hydrogens is 432 g/mol. The van der Waals surface area contributed by atoms with Gasteiger partial charge in [-0.2, -0.15) is 5.10 Å². The van der Waals surface area contributed by atoms with Crippen LogP contribution in [0.1, 0.15) is 75.8 Å². The third-order valence-electron chi connectivity index (χ3n) is 7.21. The molecular formula is C25H30N6O3. The smallest absolute Gasteiger partial charge is 0.279 e. The molecule has 2 aliphatic heterocycles. The lowest BCUT2D eigenvalue weighted by Gasteiger charge is -2.32. The van der Waals surface area contributed by atoms with Crippen molar-refractivity contribution in [1.29, 1.82) is 0 Å². The highest BCUT2D eigenvalue weighted by molar-refractivity contribution is 6.00. The van der Waals surface area contributed by atoms with Gasteiger partial charge in [0.2, 0.25) is 0 Å². The SMILES string of the molecule is Cc1nc(C(=O)N2CCC(c3ccn4ncc(C(=O)N5CCCCC5)c4c3)CC2)c(=O)[nH]c1C. The number of pyridine rings is 1. The summed E-state index contributed by atoms with van der Waals surface area (Å²) < 4.78 is 1.76. The first kappa shape index (κ1) is 22.3. The van der Waals surface area contributed by atoms with Crippen LogP contribution in [0.15, 0.2) is 29.3 Å². The third kappa shape index (κ3) is 4.10. The molecule has 178 valence electrons. The Labute approximate surface area is 197 Å². The molecule has 2 saturated heterocycles. The van der Waals surface area contributed by atoms with Crippen LogP contribution in [0.5, 0.6) is 0 Å². The zero-order valence-corrected chi connectivity index (χ0v) is 19.7. The lowest BCUT2D eigenvalue weighted by molar-refractivity contribution is 0.0702. The number of nitrogens with zero attached hydrogens (tertiary/aromatic N) is 5. The van der Waals surface area contributed by atoms with Crippen LogP contribution in [0, 0.1) is 13.8 Å². The van der Waals surface area contributed by atoms with Crippen molar-refractivity contribution in [2.45, 2.75) is 51.9 Å². The molecule has 0 spiro atoms. The summed E-state index contributed by atoms with van der Waals surface area (Å²) in [6, 6.07) is 4.12. The molecule has 34 heavy (non-hydrogen) atoms. The maximum Gasteiger partial charge on any atom is 0.279 e. The summed E-state index contributed by atoms with van der Waals surface area (Å²) >= 11 is 0. The number of rotatable bonds is 3. The zero-order valence-electron chi connectivity index (χ0n) is 19.7. The van der Waals surface area contributed by atoms with Crippen molar-refractivity contribution in [2.75, 3.05) is 26.2 Å². The number of aromatic amines is 1. The van der Waals surface area contributed by atoms with E-state index in [9.17, 15) is 14.4 Å². The molecule has 0 saturated carbocycles. The van der Waals surface area contributed by atoms with E-state index < -0.39 is 5.56 Å². The highest BCUT2D eigenvalue weighted by atomic mass is 16.2. The number of nitrogens with one attached hydrogen (secondary N) is 1. The molecule has 5 rings (SSSR count). The van der Waals surface area contributed by atoms with Gasteiger partial charge in [0.05, 0.1) is 23.0 Å². The van der Waals surface area contributed by atoms with Gasteiger partial charge in [-0.15, -0.1) is 0 Å². The second-order valence-electron chi connectivity index (χ2n) is 9.39. The van der Waals surface area contributed by atoms with Gasteiger partial charge in [0.15, 0.2) is 5.69 Å². The Kier molecular flexibility index (Phi) is 5.93. The molecule has 2 amide bonds. The second kappa shape index (κ2) is 9.04. The molecule has 9 nitrogen and oxygen atoms in total. The predicted octanol–water partition coefficient (Wildman–Crippen LogP) is 2.68.